The molecule has 1 heterocycles. The van der Waals surface area contributed by atoms with E-state index in [1.54, 1.807) is 36.4 Å². The predicted octanol–water partition coefficient (Wildman–Crippen LogP) is 7.96. The largest absolute Gasteiger partial charge is 0.490 e. The van der Waals surface area contributed by atoms with E-state index in [1.807, 2.05) is 32.0 Å². The monoisotopic (exact) mass is 556 g/mol. The first-order valence-corrected chi connectivity index (χ1v) is 12.0. The summed E-state index contributed by atoms with van der Waals surface area (Å²) < 4.78 is 87.8. The number of alkyl halides is 6. The number of aliphatic hydroxyl groups is 1. The van der Waals surface area contributed by atoms with E-state index in [1.165, 1.54) is 18.2 Å². The summed E-state index contributed by atoms with van der Waals surface area (Å²) >= 11 is 6.23. The molecule has 1 aliphatic rings. The first-order chi connectivity index (χ1) is 17.7. The Morgan fingerprint density at radius 2 is 1.47 bits per heavy atom. The molecule has 1 aliphatic heterocycles. The van der Waals surface area contributed by atoms with Crippen molar-refractivity contribution >= 4 is 23.0 Å². The van der Waals surface area contributed by atoms with E-state index in [-0.39, 0.29) is 16.8 Å². The Bertz CT molecular complexity index is 1310. The van der Waals surface area contributed by atoms with Gasteiger partial charge in [0.2, 0.25) is 0 Å². The maximum Gasteiger partial charge on any atom is 0.431 e. The summed E-state index contributed by atoms with van der Waals surface area (Å²) in [6.07, 6.45) is -13.0. The summed E-state index contributed by atoms with van der Waals surface area (Å²) in [5.41, 5.74) is -4.62. The standard InChI is InChI=1S/C27H23ClF6N2O2/c1-16(2)38-23-10-6-3-7-19(23)17-11-13-18(14-12-17)22-15-24(25(37,26(29,30)31)27(32,33)34)35-36(22)21-9-5-4-8-20(21)28/h3-14,16,22,37H,15H2,1-2H3. The normalized spacial score (nSPS) is 16.7. The van der Waals surface area contributed by atoms with Crippen molar-refractivity contribution in [1.29, 1.82) is 0 Å². The second-order valence-corrected chi connectivity index (χ2v) is 9.46. The molecule has 0 radical (unpaired) electrons. The van der Waals surface area contributed by atoms with Crippen molar-refractivity contribution in [3.05, 3.63) is 83.4 Å². The van der Waals surface area contributed by atoms with Crippen LogP contribution in [0.1, 0.15) is 31.9 Å². The molecule has 202 valence electrons. The number of rotatable bonds is 6. The van der Waals surface area contributed by atoms with Crippen molar-refractivity contribution in [3.63, 3.8) is 0 Å². The summed E-state index contributed by atoms with van der Waals surface area (Å²) in [6, 6.07) is 18.7. The van der Waals surface area contributed by atoms with Crippen LogP contribution < -0.4 is 9.75 Å². The highest BCUT2D eigenvalue weighted by molar-refractivity contribution is 6.33. The maximum atomic E-state index is 13.7. The molecule has 3 aromatic rings. The fourth-order valence-corrected chi connectivity index (χ4v) is 4.51. The average molecular weight is 557 g/mol. The molecule has 1 atom stereocenters. The van der Waals surface area contributed by atoms with Crippen molar-refractivity contribution in [2.75, 3.05) is 5.01 Å². The van der Waals surface area contributed by atoms with Crippen LogP contribution in [0.25, 0.3) is 11.1 Å². The number of para-hydroxylation sites is 2. The van der Waals surface area contributed by atoms with Crippen molar-refractivity contribution in [1.82, 2.24) is 0 Å². The minimum absolute atomic E-state index is 0.0708. The number of hydrogen-bond acceptors (Lipinski definition) is 4. The Labute approximate surface area is 220 Å². The number of halogens is 7. The zero-order valence-electron chi connectivity index (χ0n) is 20.2. The van der Waals surface area contributed by atoms with Gasteiger partial charge in [0.15, 0.2) is 0 Å². The molecule has 0 aromatic heterocycles. The van der Waals surface area contributed by atoms with Gasteiger partial charge >= 0.3 is 12.4 Å². The molecule has 0 saturated heterocycles. The minimum Gasteiger partial charge on any atom is -0.490 e. The fourth-order valence-electron chi connectivity index (χ4n) is 4.28. The third kappa shape index (κ3) is 5.07. The van der Waals surface area contributed by atoms with Gasteiger partial charge in [-0.1, -0.05) is 66.2 Å². The highest BCUT2D eigenvalue weighted by atomic mass is 35.5. The summed E-state index contributed by atoms with van der Waals surface area (Å²) in [7, 11) is 0. The number of hydrogen-bond donors (Lipinski definition) is 1. The first-order valence-electron chi connectivity index (χ1n) is 11.6. The molecule has 38 heavy (non-hydrogen) atoms. The SMILES string of the molecule is CC(C)Oc1ccccc1-c1ccc(C2CC(C(O)(C(F)(F)F)C(F)(F)F)=NN2c2ccccc2Cl)cc1. The van der Waals surface area contributed by atoms with Crippen LogP contribution in [0.3, 0.4) is 0 Å². The second kappa shape index (κ2) is 10.1. The van der Waals surface area contributed by atoms with E-state index < -0.39 is 36.1 Å². The highest BCUT2D eigenvalue weighted by Crippen LogP contribution is 2.49. The molecule has 0 bridgehead atoms. The van der Waals surface area contributed by atoms with E-state index in [0.717, 1.165) is 16.1 Å². The van der Waals surface area contributed by atoms with Crippen LogP contribution in [0.2, 0.25) is 5.02 Å². The van der Waals surface area contributed by atoms with Crippen molar-refractivity contribution < 1.29 is 36.2 Å². The Hall–Kier alpha value is -3.24. The van der Waals surface area contributed by atoms with Gasteiger partial charge in [-0.3, -0.25) is 5.01 Å². The molecule has 0 saturated carbocycles. The van der Waals surface area contributed by atoms with E-state index in [4.69, 9.17) is 16.3 Å². The summed E-state index contributed by atoms with van der Waals surface area (Å²) in [5.74, 6) is 0.625. The zero-order valence-corrected chi connectivity index (χ0v) is 20.9. The number of anilines is 1. The van der Waals surface area contributed by atoms with Gasteiger partial charge in [0.25, 0.3) is 5.60 Å². The second-order valence-electron chi connectivity index (χ2n) is 9.05. The highest BCUT2D eigenvalue weighted by Gasteiger charge is 2.74. The number of ether oxygens (including phenoxy) is 1. The van der Waals surface area contributed by atoms with Crippen molar-refractivity contribution in [2.24, 2.45) is 5.10 Å². The fraction of sp³-hybridized carbons (Fsp3) is 0.296. The molecular formula is C27H23ClF6N2O2. The molecule has 4 rings (SSSR count). The van der Waals surface area contributed by atoms with Gasteiger partial charge < -0.3 is 9.84 Å². The molecule has 0 aliphatic carbocycles. The van der Waals surface area contributed by atoms with Gasteiger partial charge in [-0.25, -0.2) is 0 Å². The molecule has 3 aromatic carbocycles. The lowest BCUT2D eigenvalue weighted by Gasteiger charge is -2.32. The van der Waals surface area contributed by atoms with Gasteiger partial charge in [0, 0.05) is 12.0 Å². The third-order valence-corrected chi connectivity index (χ3v) is 6.42. The van der Waals surface area contributed by atoms with E-state index >= 15 is 0 Å². The molecule has 1 unspecified atom stereocenters. The first kappa shape index (κ1) is 27.8. The third-order valence-electron chi connectivity index (χ3n) is 6.10. The van der Waals surface area contributed by atoms with E-state index in [9.17, 15) is 31.4 Å². The van der Waals surface area contributed by atoms with Gasteiger partial charge in [0.05, 0.1) is 28.6 Å². The molecule has 4 nitrogen and oxygen atoms in total. The number of hydrazone groups is 1. The molecule has 1 N–H and O–H groups in total. The Balaban J connectivity index is 1.77. The summed E-state index contributed by atoms with van der Waals surface area (Å²) in [4.78, 5) is 0. The van der Waals surface area contributed by atoms with Crippen LogP contribution in [0.4, 0.5) is 32.0 Å². The van der Waals surface area contributed by atoms with Crippen LogP contribution in [0.5, 0.6) is 5.75 Å². The summed E-state index contributed by atoms with van der Waals surface area (Å²) in [5, 5.41) is 14.8. The van der Waals surface area contributed by atoms with E-state index in [0.29, 0.717) is 11.3 Å². The molecule has 0 spiro atoms. The van der Waals surface area contributed by atoms with Gasteiger partial charge in [-0.2, -0.15) is 31.4 Å². The Morgan fingerprint density at radius 1 is 0.895 bits per heavy atom. The zero-order chi connectivity index (χ0) is 27.9. The Morgan fingerprint density at radius 3 is 2.05 bits per heavy atom. The maximum absolute atomic E-state index is 13.7. The molecule has 11 heteroatoms. The lowest BCUT2D eigenvalue weighted by Crippen LogP contribution is -2.62. The Kier molecular flexibility index (Phi) is 7.42. The van der Waals surface area contributed by atoms with Gasteiger partial charge in [0.1, 0.15) is 5.75 Å². The van der Waals surface area contributed by atoms with E-state index in [2.05, 4.69) is 5.10 Å². The summed E-state index contributed by atoms with van der Waals surface area (Å²) in [6.45, 7) is 3.76. The van der Waals surface area contributed by atoms with Crippen LogP contribution in [-0.2, 0) is 0 Å². The topological polar surface area (TPSA) is 45.1 Å². The minimum atomic E-state index is -6.05. The van der Waals surface area contributed by atoms with Crippen LogP contribution in [0, 0.1) is 0 Å². The molecule has 0 fully saturated rings. The van der Waals surface area contributed by atoms with Crippen LogP contribution in [-0.4, -0.2) is 34.9 Å². The molecule has 0 amide bonds. The lowest BCUT2D eigenvalue weighted by atomic mass is 9.89. The van der Waals surface area contributed by atoms with Crippen LogP contribution >= 0.6 is 11.6 Å². The lowest BCUT2D eigenvalue weighted by molar-refractivity contribution is -0.338. The van der Waals surface area contributed by atoms with Crippen LogP contribution in [0.15, 0.2) is 77.9 Å². The smallest absolute Gasteiger partial charge is 0.431 e. The molecular weight excluding hydrogens is 534 g/mol. The van der Waals surface area contributed by atoms with Gasteiger partial charge in [-0.15, -0.1) is 0 Å². The van der Waals surface area contributed by atoms with Gasteiger partial charge in [-0.05, 0) is 43.2 Å². The predicted molar refractivity (Wildman–Crippen MR) is 133 cm³/mol. The quantitative estimate of drug-likeness (QED) is 0.313. The van der Waals surface area contributed by atoms with Crippen molar-refractivity contribution in [2.45, 2.75) is 50.4 Å². The number of nitrogens with zero attached hydrogens (tertiary/aromatic N) is 2. The average Bonchev–Trinajstić information content (AvgIpc) is 3.28. The van der Waals surface area contributed by atoms with Crippen molar-refractivity contribution in [3.8, 4) is 16.9 Å². The number of benzene rings is 3.